The third-order valence-corrected chi connectivity index (χ3v) is 4.88. The molecule has 0 atom stereocenters. The summed E-state index contributed by atoms with van der Waals surface area (Å²) in [5.74, 6) is 5.39. The Morgan fingerprint density at radius 2 is 2.29 bits per heavy atom. The van der Waals surface area contributed by atoms with Crippen LogP contribution in [-0.4, -0.2) is 15.9 Å². The van der Waals surface area contributed by atoms with E-state index in [9.17, 15) is 4.79 Å². The van der Waals surface area contributed by atoms with Crippen LogP contribution in [0.3, 0.4) is 0 Å². The van der Waals surface area contributed by atoms with E-state index in [-0.39, 0.29) is 5.91 Å². The van der Waals surface area contributed by atoms with Crippen LogP contribution in [0.1, 0.15) is 21.2 Å². The van der Waals surface area contributed by atoms with Crippen LogP contribution < -0.4 is 11.3 Å². The van der Waals surface area contributed by atoms with Crippen LogP contribution in [0.25, 0.3) is 0 Å². The second kappa shape index (κ2) is 5.58. The summed E-state index contributed by atoms with van der Waals surface area (Å²) < 4.78 is 1.01. The molecule has 1 amide bonds. The highest BCUT2D eigenvalue weighted by Gasteiger charge is 2.10. The maximum absolute atomic E-state index is 11.2. The normalized spacial score (nSPS) is 10.5. The number of aryl methyl sites for hydroxylation is 1. The summed E-state index contributed by atoms with van der Waals surface area (Å²) in [5, 5.41) is 4.26. The van der Waals surface area contributed by atoms with Gasteiger partial charge < -0.3 is 0 Å². The van der Waals surface area contributed by atoms with Gasteiger partial charge in [0, 0.05) is 22.2 Å². The molecule has 5 nitrogen and oxygen atoms in total. The lowest BCUT2D eigenvalue weighted by molar-refractivity contribution is 0.0953. The molecule has 2 aromatic rings. The molecule has 8 heteroatoms. The first-order valence-electron chi connectivity index (χ1n) is 4.69. The molecule has 0 aliphatic heterocycles. The molecule has 0 unspecified atom stereocenters. The van der Waals surface area contributed by atoms with Crippen molar-refractivity contribution in [1.82, 2.24) is 15.4 Å². The molecular weight excluding hydrogens is 276 g/mol. The van der Waals surface area contributed by atoms with Gasteiger partial charge in [-0.05, 0) is 6.92 Å². The van der Waals surface area contributed by atoms with Gasteiger partial charge in [-0.25, -0.2) is 15.8 Å². The number of aromatic nitrogens is 2. The number of hydrazine groups is 1. The molecule has 0 aliphatic rings. The molecule has 2 heterocycles. The van der Waals surface area contributed by atoms with E-state index in [0.717, 1.165) is 15.7 Å². The van der Waals surface area contributed by atoms with Crippen molar-refractivity contribution in [2.24, 2.45) is 5.84 Å². The van der Waals surface area contributed by atoms with Crippen molar-refractivity contribution < 1.29 is 4.79 Å². The van der Waals surface area contributed by atoms with Crippen LogP contribution in [0.2, 0.25) is 0 Å². The van der Waals surface area contributed by atoms with Crippen molar-refractivity contribution in [3.63, 3.8) is 0 Å². The fraction of sp³-hybridized carbons (Fsp3) is 0.222. The lowest BCUT2D eigenvalue weighted by Gasteiger charge is -1.93. The molecule has 2 rings (SSSR count). The average Bonchev–Trinajstić information content (AvgIpc) is 2.94. The standard InChI is InChI=1S/C9H10N4OS3/c1-5-2-16-9(11-5)17-4-6-3-15-8(12-6)7(14)13-10/h2-3H,4,10H2,1H3,(H,13,14). The van der Waals surface area contributed by atoms with Gasteiger partial charge in [0.05, 0.1) is 5.69 Å². The fourth-order valence-corrected chi connectivity index (χ4v) is 3.64. The third-order valence-electron chi connectivity index (χ3n) is 1.82. The van der Waals surface area contributed by atoms with Crippen LogP contribution in [-0.2, 0) is 5.75 Å². The van der Waals surface area contributed by atoms with Crippen molar-refractivity contribution in [3.05, 3.63) is 27.2 Å². The number of thiazole rings is 2. The predicted molar refractivity (Wildman–Crippen MR) is 70.2 cm³/mol. The minimum Gasteiger partial charge on any atom is -0.288 e. The molecule has 3 N–H and O–H groups in total. The van der Waals surface area contributed by atoms with E-state index in [0.29, 0.717) is 10.8 Å². The van der Waals surface area contributed by atoms with Crippen LogP contribution in [0, 0.1) is 6.92 Å². The van der Waals surface area contributed by atoms with Crippen LogP contribution in [0.4, 0.5) is 0 Å². The van der Waals surface area contributed by atoms with Crippen molar-refractivity contribution >= 4 is 40.3 Å². The van der Waals surface area contributed by atoms with Gasteiger partial charge in [0.25, 0.3) is 5.91 Å². The van der Waals surface area contributed by atoms with Crippen LogP contribution >= 0.6 is 34.4 Å². The first-order valence-corrected chi connectivity index (χ1v) is 7.44. The smallest absolute Gasteiger partial charge is 0.288 e. The van der Waals surface area contributed by atoms with E-state index in [1.165, 1.54) is 11.3 Å². The number of thioether (sulfide) groups is 1. The van der Waals surface area contributed by atoms with E-state index >= 15 is 0 Å². The SMILES string of the molecule is Cc1csc(SCc2csc(C(=O)NN)n2)n1. The van der Waals surface area contributed by atoms with E-state index in [1.54, 1.807) is 23.1 Å². The minimum absolute atomic E-state index is 0.351. The number of carbonyl (C=O) groups is 1. The lowest BCUT2D eigenvalue weighted by atomic mass is 10.5. The van der Waals surface area contributed by atoms with E-state index in [4.69, 9.17) is 5.84 Å². The zero-order chi connectivity index (χ0) is 12.3. The van der Waals surface area contributed by atoms with E-state index in [2.05, 4.69) is 15.4 Å². The maximum atomic E-state index is 11.2. The number of nitrogen functional groups attached to an aromatic ring is 1. The van der Waals surface area contributed by atoms with E-state index in [1.807, 2.05) is 17.7 Å². The molecule has 0 saturated carbocycles. The lowest BCUT2D eigenvalue weighted by Crippen LogP contribution is -2.29. The Kier molecular flexibility index (Phi) is 4.11. The summed E-state index contributed by atoms with van der Waals surface area (Å²) in [4.78, 5) is 19.7. The number of nitrogens with two attached hydrogens (primary N) is 1. The Morgan fingerprint density at radius 1 is 1.47 bits per heavy atom. The number of hydrogen-bond donors (Lipinski definition) is 2. The highest BCUT2D eigenvalue weighted by atomic mass is 32.2. The van der Waals surface area contributed by atoms with Crippen molar-refractivity contribution in [1.29, 1.82) is 0 Å². The van der Waals surface area contributed by atoms with Gasteiger partial charge in [-0.3, -0.25) is 10.2 Å². The Balaban J connectivity index is 1.95. The summed E-state index contributed by atoms with van der Waals surface area (Å²) in [5.41, 5.74) is 3.96. The molecule has 0 spiro atoms. The molecule has 2 aromatic heterocycles. The quantitative estimate of drug-likeness (QED) is 0.388. The molecule has 0 aromatic carbocycles. The Labute approximate surface area is 110 Å². The Bertz CT molecular complexity index is 522. The number of rotatable bonds is 4. The molecule has 0 bridgehead atoms. The van der Waals surface area contributed by atoms with Gasteiger partial charge in [0.1, 0.15) is 4.34 Å². The van der Waals surface area contributed by atoms with Crippen molar-refractivity contribution in [2.75, 3.05) is 0 Å². The largest absolute Gasteiger partial charge is 0.294 e. The molecule has 17 heavy (non-hydrogen) atoms. The summed E-state index contributed by atoms with van der Waals surface area (Å²) >= 11 is 4.52. The summed E-state index contributed by atoms with van der Waals surface area (Å²) in [6.45, 7) is 1.97. The van der Waals surface area contributed by atoms with Gasteiger partial charge in [-0.1, -0.05) is 11.8 Å². The Morgan fingerprint density at radius 3 is 2.94 bits per heavy atom. The van der Waals surface area contributed by atoms with E-state index < -0.39 is 0 Å². The van der Waals surface area contributed by atoms with Crippen LogP contribution in [0.5, 0.6) is 0 Å². The first-order chi connectivity index (χ1) is 8.19. The van der Waals surface area contributed by atoms with Crippen LogP contribution in [0.15, 0.2) is 15.1 Å². The number of nitrogens with zero attached hydrogens (tertiary/aromatic N) is 2. The molecular formula is C9H10N4OS3. The van der Waals surface area contributed by atoms with Crippen molar-refractivity contribution in [2.45, 2.75) is 17.0 Å². The molecule has 90 valence electrons. The summed E-state index contributed by atoms with van der Waals surface area (Å²) in [6, 6.07) is 0. The highest BCUT2D eigenvalue weighted by Crippen LogP contribution is 2.26. The minimum atomic E-state index is -0.351. The fourth-order valence-electron chi connectivity index (χ4n) is 1.07. The zero-order valence-corrected chi connectivity index (χ0v) is 11.4. The second-order valence-electron chi connectivity index (χ2n) is 3.16. The topological polar surface area (TPSA) is 80.9 Å². The zero-order valence-electron chi connectivity index (χ0n) is 8.97. The molecule has 0 aliphatic carbocycles. The second-order valence-corrected chi connectivity index (χ2v) is 6.10. The summed E-state index contributed by atoms with van der Waals surface area (Å²) in [6.07, 6.45) is 0. The molecule has 0 fully saturated rings. The number of hydrogen-bond acceptors (Lipinski definition) is 7. The Hall–Kier alpha value is -0.960. The molecule has 0 radical (unpaired) electrons. The molecule has 0 saturated heterocycles. The van der Waals surface area contributed by atoms with Gasteiger partial charge in [0.15, 0.2) is 5.01 Å². The van der Waals surface area contributed by atoms with Gasteiger partial charge in [-0.15, -0.1) is 22.7 Å². The third kappa shape index (κ3) is 3.25. The monoisotopic (exact) mass is 286 g/mol. The average molecular weight is 286 g/mol. The van der Waals surface area contributed by atoms with Gasteiger partial charge in [-0.2, -0.15) is 0 Å². The van der Waals surface area contributed by atoms with Gasteiger partial charge >= 0.3 is 0 Å². The van der Waals surface area contributed by atoms with Crippen molar-refractivity contribution in [3.8, 4) is 0 Å². The van der Waals surface area contributed by atoms with Gasteiger partial charge in [0.2, 0.25) is 0 Å². The number of amides is 1. The summed E-state index contributed by atoms with van der Waals surface area (Å²) in [7, 11) is 0. The first kappa shape index (κ1) is 12.5. The maximum Gasteiger partial charge on any atom is 0.294 e. The number of carbonyl (C=O) groups excluding carboxylic acids is 1. The number of nitrogens with one attached hydrogen (secondary N) is 1. The predicted octanol–water partition coefficient (Wildman–Crippen LogP) is 1.80. The highest BCUT2D eigenvalue weighted by molar-refractivity contribution is 8.00.